The van der Waals surface area contributed by atoms with Gasteiger partial charge in [0.2, 0.25) is 4.77 Å². The second-order valence-electron chi connectivity index (χ2n) is 6.21. The molecule has 1 aliphatic heterocycles. The molecule has 7 heteroatoms. The number of H-pyrrole nitrogens is 1. The Bertz CT molecular complexity index is 635. The molecule has 0 amide bonds. The zero-order valence-electron chi connectivity index (χ0n) is 13.2. The summed E-state index contributed by atoms with van der Waals surface area (Å²) in [4.78, 5) is 10.6. The van der Waals surface area contributed by atoms with Gasteiger partial charge in [0.1, 0.15) is 0 Å². The van der Waals surface area contributed by atoms with Gasteiger partial charge in [0, 0.05) is 32.7 Å². The zero-order chi connectivity index (χ0) is 15.5. The van der Waals surface area contributed by atoms with Gasteiger partial charge in [-0.15, -0.1) is 11.3 Å². The number of nitrogens with one attached hydrogen (secondary N) is 1. The third-order valence-electron chi connectivity index (χ3n) is 3.86. The smallest absolute Gasteiger partial charge is 0.217 e. The molecule has 1 saturated heterocycles. The van der Waals surface area contributed by atoms with Crippen molar-refractivity contribution in [1.82, 2.24) is 24.6 Å². The highest BCUT2D eigenvalue weighted by atomic mass is 32.1. The average molecular weight is 338 g/mol. The molecule has 0 aromatic carbocycles. The molecule has 0 unspecified atom stereocenters. The van der Waals surface area contributed by atoms with Crippen molar-refractivity contribution in [2.24, 2.45) is 5.92 Å². The van der Waals surface area contributed by atoms with E-state index in [2.05, 4.69) is 45.2 Å². The van der Waals surface area contributed by atoms with Crippen molar-refractivity contribution < 1.29 is 0 Å². The van der Waals surface area contributed by atoms with E-state index < -0.39 is 0 Å². The van der Waals surface area contributed by atoms with Crippen molar-refractivity contribution in [3.8, 4) is 10.7 Å². The summed E-state index contributed by atoms with van der Waals surface area (Å²) in [6.45, 7) is 11.0. The fourth-order valence-electron chi connectivity index (χ4n) is 2.81. The molecule has 1 fully saturated rings. The molecule has 3 heterocycles. The van der Waals surface area contributed by atoms with Gasteiger partial charge in [0.25, 0.3) is 0 Å². The standard InChI is InChI=1S/C15H23N5S2/c1-12(2)10-18-5-7-19(8-6-18)11-20-15(21)16-14(17-20)13-4-3-9-22-13/h3-4,9,12H,5-8,10-11H2,1-2H3,(H,16,17,21). The van der Waals surface area contributed by atoms with Gasteiger partial charge >= 0.3 is 0 Å². The highest BCUT2D eigenvalue weighted by Crippen LogP contribution is 2.20. The fraction of sp³-hybridized carbons (Fsp3) is 0.600. The molecule has 0 spiro atoms. The summed E-state index contributed by atoms with van der Waals surface area (Å²) in [6, 6.07) is 4.09. The Balaban J connectivity index is 1.59. The lowest BCUT2D eigenvalue weighted by Crippen LogP contribution is -2.47. The van der Waals surface area contributed by atoms with Crippen LogP contribution in [0.1, 0.15) is 13.8 Å². The van der Waals surface area contributed by atoms with E-state index in [1.54, 1.807) is 11.3 Å². The first-order valence-corrected chi connectivity index (χ1v) is 9.06. The number of hydrogen-bond donors (Lipinski definition) is 1. The highest BCUT2D eigenvalue weighted by molar-refractivity contribution is 7.71. The molecular formula is C15H23N5S2. The van der Waals surface area contributed by atoms with Crippen LogP contribution in [0.2, 0.25) is 0 Å². The molecule has 0 saturated carbocycles. The van der Waals surface area contributed by atoms with Crippen molar-refractivity contribution >= 4 is 23.6 Å². The third kappa shape index (κ3) is 3.84. The number of thiophene rings is 1. The lowest BCUT2D eigenvalue weighted by atomic mass is 10.2. The molecule has 2 aromatic heterocycles. The van der Waals surface area contributed by atoms with E-state index in [-0.39, 0.29) is 0 Å². The van der Waals surface area contributed by atoms with Gasteiger partial charge in [-0.25, -0.2) is 4.68 Å². The summed E-state index contributed by atoms with van der Waals surface area (Å²) in [7, 11) is 0. The number of rotatable bonds is 5. The Morgan fingerprint density at radius 3 is 2.64 bits per heavy atom. The lowest BCUT2D eigenvalue weighted by Gasteiger charge is -2.35. The predicted molar refractivity (Wildman–Crippen MR) is 93.6 cm³/mol. The molecule has 0 aliphatic carbocycles. The second-order valence-corrected chi connectivity index (χ2v) is 7.53. The molecule has 5 nitrogen and oxygen atoms in total. The van der Waals surface area contributed by atoms with Crippen LogP contribution in [0.15, 0.2) is 17.5 Å². The van der Waals surface area contributed by atoms with Crippen LogP contribution in [-0.4, -0.2) is 57.3 Å². The third-order valence-corrected chi connectivity index (χ3v) is 5.05. The molecule has 120 valence electrons. The largest absolute Gasteiger partial charge is 0.301 e. The van der Waals surface area contributed by atoms with Crippen molar-refractivity contribution in [2.75, 3.05) is 32.7 Å². The average Bonchev–Trinajstić information content (AvgIpc) is 3.11. The minimum atomic E-state index is 0.632. The van der Waals surface area contributed by atoms with Crippen molar-refractivity contribution in [3.63, 3.8) is 0 Å². The molecule has 1 aliphatic rings. The Kier molecular flexibility index (Phi) is 5.07. The number of hydrogen-bond acceptors (Lipinski definition) is 5. The highest BCUT2D eigenvalue weighted by Gasteiger charge is 2.18. The summed E-state index contributed by atoms with van der Waals surface area (Å²) < 4.78 is 2.61. The molecule has 2 aromatic rings. The van der Waals surface area contributed by atoms with E-state index in [1.807, 2.05) is 10.7 Å². The van der Waals surface area contributed by atoms with Crippen LogP contribution in [0.4, 0.5) is 0 Å². The SMILES string of the molecule is CC(C)CN1CCN(Cn2[nH]c(-c3cccs3)nc2=S)CC1. The van der Waals surface area contributed by atoms with Crippen molar-refractivity contribution in [2.45, 2.75) is 20.5 Å². The summed E-state index contributed by atoms with van der Waals surface area (Å²) in [5.74, 6) is 1.61. The van der Waals surface area contributed by atoms with Crippen molar-refractivity contribution in [3.05, 3.63) is 22.3 Å². The summed E-state index contributed by atoms with van der Waals surface area (Å²) >= 11 is 7.06. The first-order chi connectivity index (χ1) is 10.6. The number of piperazine rings is 1. The van der Waals surface area contributed by atoms with Crippen LogP contribution >= 0.6 is 23.6 Å². The van der Waals surface area contributed by atoms with Gasteiger partial charge < -0.3 is 4.90 Å². The van der Waals surface area contributed by atoms with Gasteiger partial charge in [-0.05, 0) is 29.6 Å². The van der Waals surface area contributed by atoms with E-state index in [1.165, 1.54) is 6.54 Å². The maximum absolute atomic E-state index is 5.38. The second kappa shape index (κ2) is 7.04. The molecular weight excluding hydrogens is 314 g/mol. The van der Waals surface area contributed by atoms with Gasteiger partial charge in [-0.2, -0.15) is 4.98 Å². The first kappa shape index (κ1) is 15.9. The van der Waals surface area contributed by atoms with Gasteiger partial charge in [0.15, 0.2) is 5.82 Å². The molecule has 22 heavy (non-hydrogen) atoms. The molecule has 1 N–H and O–H groups in total. The van der Waals surface area contributed by atoms with Gasteiger partial charge in [-0.1, -0.05) is 19.9 Å². The van der Waals surface area contributed by atoms with E-state index in [9.17, 15) is 0 Å². The number of aromatic nitrogens is 3. The zero-order valence-corrected chi connectivity index (χ0v) is 14.8. The topological polar surface area (TPSA) is 40.1 Å². The summed E-state index contributed by atoms with van der Waals surface area (Å²) in [5, 5.41) is 5.39. The van der Waals surface area contributed by atoms with Crippen molar-refractivity contribution in [1.29, 1.82) is 0 Å². The van der Waals surface area contributed by atoms with Crippen LogP contribution in [-0.2, 0) is 6.67 Å². The van der Waals surface area contributed by atoms with E-state index in [0.29, 0.717) is 4.77 Å². The maximum atomic E-state index is 5.38. The summed E-state index contributed by atoms with van der Waals surface area (Å²) in [5.41, 5.74) is 0. The number of aromatic amines is 1. The molecule has 0 atom stereocenters. The van der Waals surface area contributed by atoms with Gasteiger partial charge in [0.05, 0.1) is 11.5 Å². The molecule has 3 rings (SSSR count). The van der Waals surface area contributed by atoms with Crippen LogP contribution in [0.5, 0.6) is 0 Å². The molecule has 0 radical (unpaired) electrons. The summed E-state index contributed by atoms with van der Waals surface area (Å²) in [6.07, 6.45) is 0. The monoisotopic (exact) mass is 337 g/mol. The van der Waals surface area contributed by atoms with Crippen LogP contribution in [0.3, 0.4) is 0 Å². The van der Waals surface area contributed by atoms with E-state index >= 15 is 0 Å². The van der Waals surface area contributed by atoms with Crippen LogP contribution in [0.25, 0.3) is 10.7 Å². The Morgan fingerprint density at radius 1 is 1.27 bits per heavy atom. The Labute approximate surface area is 140 Å². The Morgan fingerprint density at radius 2 is 2.00 bits per heavy atom. The van der Waals surface area contributed by atoms with Gasteiger partial charge in [-0.3, -0.25) is 10.00 Å². The van der Waals surface area contributed by atoms with Crippen LogP contribution < -0.4 is 0 Å². The number of nitrogens with zero attached hydrogens (tertiary/aromatic N) is 4. The quantitative estimate of drug-likeness (QED) is 0.852. The van der Waals surface area contributed by atoms with E-state index in [0.717, 1.165) is 49.5 Å². The minimum absolute atomic E-state index is 0.632. The predicted octanol–water partition coefficient (Wildman–Crippen LogP) is 2.90. The van der Waals surface area contributed by atoms with Crippen LogP contribution in [0, 0.1) is 10.7 Å². The van der Waals surface area contributed by atoms with E-state index in [4.69, 9.17) is 12.2 Å². The normalized spacial score (nSPS) is 17.4. The maximum Gasteiger partial charge on any atom is 0.217 e. The fourth-order valence-corrected chi connectivity index (χ4v) is 3.66. The minimum Gasteiger partial charge on any atom is -0.301 e. The Hall–Kier alpha value is -1.02. The lowest BCUT2D eigenvalue weighted by molar-refractivity contribution is 0.0952. The molecule has 0 bridgehead atoms. The first-order valence-electron chi connectivity index (χ1n) is 7.77.